The van der Waals surface area contributed by atoms with E-state index in [4.69, 9.17) is 0 Å². The summed E-state index contributed by atoms with van der Waals surface area (Å²) in [5, 5.41) is 2.91. The molecule has 2 amide bonds. The van der Waals surface area contributed by atoms with Gasteiger partial charge in [-0.3, -0.25) is 0 Å². The number of rotatable bonds is 3. The molecule has 1 N–H and O–H groups in total. The standard InChI is InChI=1S/C12H23N3O/c1-14-8-3-11(4-9-14)5-10-15-7-2-6-13-12(15)16/h11H,2-10H2,1H3,(H,13,16). The van der Waals surface area contributed by atoms with Crippen LogP contribution >= 0.6 is 0 Å². The van der Waals surface area contributed by atoms with E-state index >= 15 is 0 Å². The predicted molar refractivity (Wildman–Crippen MR) is 64.4 cm³/mol. The first-order valence-electron chi connectivity index (χ1n) is 6.47. The van der Waals surface area contributed by atoms with Crippen molar-refractivity contribution in [3.8, 4) is 0 Å². The van der Waals surface area contributed by atoms with E-state index in [0.29, 0.717) is 0 Å². The number of carbonyl (C=O) groups is 1. The molecule has 2 aliphatic heterocycles. The van der Waals surface area contributed by atoms with Crippen molar-refractivity contribution in [1.29, 1.82) is 0 Å². The normalized spacial score (nSPS) is 24.6. The van der Waals surface area contributed by atoms with E-state index in [2.05, 4.69) is 17.3 Å². The Labute approximate surface area is 98.0 Å². The Hall–Kier alpha value is -0.770. The van der Waals surface area contributed by atoms with E-state index in [-0.39, 0.29) is 6.03 Å². The molecular weight excluding hydrogens is 202 g/mol. The van der Waals surface area contributed by atoms with Gasteiger partial charge < -0.3 is 15.1 Å². The van der Waals surface area contributed by atoms with Gasteiger partial charge in [0.05, 0.1) is 0 Å². The lowest BCUT2D eigenvalue weighted by molar-refractivity contribution is 0.168. The Morgan fingerprint density at radius 2 is 2.06 bits per heavy atom. The minimum atomic E-state index is 0.138. The highest BCUT2D eigenvalue weighted by Gasteiger charge is 2.21. The third kappa shape index (κ3) is 3.11. The summed E-state index contributed by atoms with van der Waals surface area (Å²) in [7, 11) is 2.19. The summed E-state index contributed by atoms with van der Waals surface area (Å²) in [5.41, 5.74) is 0. The summed E-state index contributed by atoms with van der Waals surface area (Å²) in [4.78, 5) is 15.9. The van der Waals surface area contributed by atoms with Crippen LogP contribution in [0.5, 0.6) is 0 Å². The number of likely N-dealkylation sites (tertiary alicyclic amines) is 1. The smallest absolute Gasteiger partial charge is 0.317 e. The van der Waals surface area contributed by atoms with Crippen molar-refractivity contribution in [3.63, 3.8) is 0 Å². The van der Waals surface area contributed by atoms with Gasteiger partial charge in [0.25, 0.3) is 0 Å². The highest BCUT2D eigenvalue weighted by Crippen LogP contribution is 2.20. The lowest BCUT2D eigenvalue weighted by Gasteiger charge is -2.32. The molecule has 0 radical (unpaired) electrons. The van der Waals surface area contributed by atoms with Crippen LogP contribution in [0.1, 0.15) is 25.7 Å². The molecule has 0 aromatic rings. The fourth-order valence-corrected chi connectivity index (χ4v) is 2.58. The van der Waals surface area contributed by atoms with Crippen LogP contribution in [0.25, 0.3) is 0 Å². The monoisotopic (exact) mass is 225 g/mol. The van der Waals surface area contributed by atoms with Gasteiger partial charge in [-0.2, -0.15) is 0 Å². The molecule has 2 aliphatic rings. The van der Waals surface area contributed by atoms with Gasteiger partial charge in [-0.05, 0) is 51.7 Å². The SMILES string of the molecule is CN1CCC(CCN2CCCNC2=O)CC1. The molecule has 0 atom stereocenters. The molecular formula is C12H23N3O. The number of carbonyl (C=O) groups excluding carboxylic acids is 1. The Morgan fingerprint density at radius 3 is 2.75 bits per heavy atom. The van der Waals surface area contributed by atoms with Crippen molar-refractivity contribution >= 4 is 6.03 Å². The molecule has 2 saturated heterocycles. The molecule has 0 spiro atoms. The molecule has 92 valence electrons. The van der Waals surface area contributed by atoms with Crippen LogP contribution in [0.15, 0.2) is 0 Å². The molecule has 2 heterocycles. The zero-order valence-corrected chi connectivity index (χ0v) is 10.2. The third-order valence-electron chi connectivity index (χ3n) is 3.81. The topological polar surface area (TPSA) is 35.6 Å². The second-order valence-electron chi connectivity index (χ2n) is 5.11. The first kappa shape index (κ1) is 11.7. The van der Waals surface area contributed by atoms with Gasteiger partial charge in [-0.1, -0.05) is 0 Å². The summed E-state index contributed by atoms with van der Waals surface area (Å²) in [6.45, 7) is 5.18. The van der Waals surface area contributed by atoms with Gasteiger partial charge in [0, 0.05) is 19.6 Å². The van der Waals surface area contributed by atoms with E-state index in [1.165, 1.54) is 32.4 Å². The van der Waals surface area contributed by atoms with Gasteiger partial charge in [-0.15, -0.1) is 0 Å². The van der Waals surface area contributed by atoms with E-state index in [0.717, 1.165) is 32.0 Å². The van der Waals surface area contributed by atoms with Gasteiger partial charge in [-0.25, -0.2) is 4.79 Å². The fraction of sp³-hybridized carbons (Fsp3) is 0.917. The molecule has 4 heteroatoms. The van der Waals surface area contributed by atoms with Crippen LogP contribution in [0.4, 0.5) is 4.79 Å². The molecule has 0 aromatic heterocycles. The molecule has 0 bridgehead atoms. The fourth-order valence-electron chi connectivity index (χ4n) is 2.58. The highest BCUT2D eigenvalue weighted by molar-refractivity contribution is 5.74. The van der Waals surface area contributed by atoms with Gasteiger partial charge in [0.2, 0.25) is 0 Å². The maximum Gasteiger partial charge on any atom is 0.317 e. The van der Waals surface area contributed by atoms with Crippen LogP contribution < -0.4 is 5.32 Å². The van der Waals surface area contributed by atoms with Crippen LogP contribution in [0, 0.1) is 5.92 Å². The van der Waals surface area contributed by atoms with E-state index in [1.54, 1.807) is 0 Å². The molecule has 2 rings (SSSR count). The van der Waals surface area contributed by atoms with Crippen molar-refractivity contribution in [2.24, 2.45) is 5.92 Å². The average molecular weight is 225 g/mol. The largest absolute Gasteiger partial charge is 0.338 e. The predicted octanol–water partition coefficient (Wildman–Crippen LogP) is 1.13. The molecule has 0 saturated carbocycles. The number of urea groups is 1. The Morgan fingerprint density at radius 1 is 1.31 bits per heavy atom. The average Bonchev–Trinajstić information content (AvgIpc) is 2.30. The lowest BCUT2D eigenvalue weighted by atomic mass is 9.93. The maximum absolute atomic E-state index is 11.5. The molecule has 0 aliphatic carbocycles. The third-order valence-corrected chi connectivity index (χ3v) is 3.81. The Balaban J connectivity index is 1.68. The van der Waals surface area contributed by atoms with Gasteiger partial charge in [0.1, 0.15) is 0 Å². The molecule has 0 unspecified atom stereocenters. The zero-order chi connectivity index (χ0) is 11.4. The Bertz CT molecular complexity index is 236. The maximum atomic E-state index is 11.5. The summed E-state index contributed by atoms with van der Waals surface area (Å²) in [6, 6.07) is 0.138. The number of hydrogen-bond acceptors (Lipinski definition) is 2. The number of hydrogen-bond donors (Lipinski definition) is 1. The van der Waals surface area contributed by atoms with Crippen LogP contribution in [-0.4, -0.2) is 55.6 Å². The summed E-state index contributed by atoms with van der Waals surface area (Å²) >= 11 is 0. The molecule has 16 heavy (non-hydrogen) atoms. The van der Waals surface area contributed by atoms with E-state index < -0.39 is 0 Å². The van der Waals surface area contributed by atoms with Crippen LogP contribution in [0.2, 0.25) is 0 Å². The molecule has 4 nitrogen and oxygen atoms in total. The van der Waals surface area contributed by atoms with Gasteiger partial charge in [0.15, 0.2) is 0 Å². The van der Waals surface area contributed by atoms with Crippen molar-refractivity contribution in [3.05, 3.63) is 0 Å². The number of amides is 2. The molecule has 2 fully saturated rings. The van der Waals surface area contributed by atoms with Crippen molar-refractivity contribution in [2.75, 3.05) is 39.8 Å². The van der Waals surface area contributed by atoms with E-state index in [1.807, 2.05) is 4.90 Å². The quantitative estimate of drug-likeness (QED) is 0.781. The minimum absolute atomic E-state index is 0.138. The number of nitrogens with zero attached hydrogens (tertiary/aromatic N) is 2. The summed E-state index contributed by atoms with van der Waals surface area (Å²) in [5.74, 6) is 0.825. The lowest BCUT2D eigenvalue weighted by Crippen LogP contribution is -2.47. The summed E-state index contributed by atoms with van der Waals surface area (Å²) in [6.07, 6.45) is 4.87. The first-order valence-corrected chi connectivity index (χ1v) is 6.47. The van der Waals surface area contributed by atoms with Crippen molar-refractivity contribution < 1.29 is 4.79 Å². The Kier molecular flexibility index (Phi) is 4.04. The van der Waals surface area contributed by atoms with Crippen LogP contribution in [0.3, 0.4) is 0 Å². The molecule has 0 aromatic carbocycles. The minimum Gasteiger partial charge on any atom is -0.338 e. The number of nitrogens with one attached hydrogen (secondary N) is 1. The number of piperidine rings is 1. The zero-order valence-electron chi connectivity index (χ0n) is 10.2. The highest BCUT2D eigenvalue weighted by atomic mass is 16.2. The summed E-state index contributed by atoms with van der Waals surface area (Å²) < 4.78 is 0. The first-order chi connectivity index (χ1) is 7.75. The second-order valence-corrected chi connectivity index (χ2v) is 5.11. The van der Waals surface area contributed by atoms with Gasteiger partial charge >= 0.3 is 6.03 Å². The van der Waals surface area contributed by atoms with E-state index in [9.17, 15) is 4.79 Å². The van der Waals surface area contributed by atoms with Crippen molar-refractivity contribution in [2.45, 2.75) is 25.7 Å². The van der Waals surface area contributed by atoms with Crippen molar-refractivity contribution in [1.82, 2.24) is 15.1 Å². The van der Waals surface area contributed by atoms with Crippen LogP contribution in [-0.2, 0) is 0 Å². The second kappa shape index (κ2) is 5.53.